The first-order valence-electron chi connectivity index (χ1n) is 4.71. The van der Waals surface area contributed by atoms with E-state index < -0.39 is 7.37 Å². The van der Waals surface area contributed by atoms with Crippen LogP contribution in [0.3, 0.4) is 0 Å². The lowest BCUT2D eigenvalue weighted by atomic mass is 10.2. The Kier molecular flexibility index (Phi) is 4.18. The standard InChI is InChI=1S/C10H14NO3P/c1-3-14-15(2,13)10-6-4-9(5-7-10)8-11-12/h4-7H,3,8H2,1-2H3. The van der Waals surface area contributed by atoms with Crippen LogP contribution in [0, 0.1) is 4.91 Å². The first-order chi connectivity index (χ1) is 7.10. The summed E-state index contributed by atoms with van der Waals surface area (Å²) in [4.78, 5) is 10.0. The predicted octanol–water partition coefficient (Wildman–Crippen LogP) is 2.52. The molecular formula is C10H14NO3P. The molecule has 0 bridgehead atoms. The van der Waals surface area contributed by atoms with Crippen LogP contribution in [0.1, 0.15) is 12.5 Å². The summed E-state index contributed by atoms with van der Waals surface area (Å²) in [6.45, 7) is 3.96. The van der Waals surface area contributed by atoms with E-state index in [9.17, 15) is 9.47 Å². The van der Waals surface area contributed by atoms with Crippen molar-refractivity contribution in [1.29, 1.82) is 0 Å². The van der Waals surface area contributed by atoms with Crippen molar-refractivity contribution in [3.05, 3.63) is 34.7 Å². The minimum absolute atomic E-state index is 0.142. The van der Waals surface area contributed by atoms with Gasteiger partial charge in [0.1, 0.15) is 6.54 Å². The zero-order valence-electron chi connectivity index (χ0n) is 8.84. The summed E-state index contributed by atoms with van der Waals surface area (Å²) in [6, 6.07) is 6.92. The van der Waals surface area contributed by atoms with Crippen LogP contribution in [-0.4, -0.2) is 13.3 Å². The molecule has 0 saturated heterocycles. The highest BCUT2D eigenvalue weighted by molar-refractivity contribution is 7.66. The van der Waals surface area contributed by atoms with Crippen molar-refractivity contribution in [3.63, 3.8) is 0 Å². The van der Waals surface area contributed by atoms with Crippen LogP contribution in [0.15, 0.2) is 29.4 Å². The molecule has 0 spiro atoms. The van der Waals surface area contributed by atoms with Crippen LogP contribution in [0.2, 0.25) is 0 Å². The highest BCUT2D eigenvalue weighted by Gasteiger charge is 2.17. The molecule has 0 heterocycles. The van der Waals surface area contributed by atoms with E-state index in [2.05, 4.69) is 5.18 Å². The average molecular weight is 227 g/mol. The summed E-state index contributed by atoms with van der Waals surface area (Å²) in [5.41, 5.74) is 0.810. The van der Waals surface area contributed by atoms with Gasteiger partial charge in [-0.3, -0.25) is 4.57 Å². The van der Waals surface area contributed by atoms with Crippen molar-refractivity contribution in [3.8, 4) is 0 Å². The Bertz CT molecular complexity index is 375. The summed E-state index contributed by atoms with van der Waals surface area (Å²) in [6.07, 6.45) is 0. The van der Waals surface area contributed by atoms with E-state index in [-0.39, 0.29) is 6.54 Å². The SMILES string of the molecule is CCOP(C)(=O)c1ccc(CN=O)cc1. The highest BCUT2D eigenvalue weighted by Crippen LogP contribution is 2.40. The van der Waals surface area contributed by atoms with Gasteiger partial charge in [-0.2, -0.15) is 4.91 Å². The minimum atomic E-state index is -2.69. The molecule has 1 unspecified atom stereocenters. The molecule has 0 aliphatic rings. The fourth-order valence-electron chi connectivity index (χ4n) is 1.27. The number of nitrogens with zero attached hydrogens (tertiary/aromatic N) is 1. The molecule has 82 valence electrons. The molecule has 1 aromatic carbocycles. The van der Waals surface area contributed by atoms with E-state index in [1.165, 1.54) is 0 Å². The van der Waals surface area contributed by atoms with Crippen molar-refractivity contribution < 1.29 is 9.09 Å². The summed E-state index contributed by atoms with van der Waals surface area (Å²) in [5.74, 6) is 0. The quantitative estimate of drug-likeness (QED) is 0.573. The Hall–Kier alpha value is -0.990. The van der Waals surface area contributed by atoms with Gasteiger partial charge in [-0.1, -0.05) is 17.3 Å². The molecule has 5 heteroatoms. The molecule has 0 fully saturated rings. The smallest absolute Gasteiger partial charge is 0.229 e. The normalized spacial score (nSPS) is 14.5. The van der Waals surface area contributed by atoms with Gasteiger partial charge in [-0.05, 0) is 24.6 Å². The van der Waals surface area contributed by atoms with E-state index in [4.69, 9.17) is 4.52 Å². The number of rotatable bonds is 5. The van der Waals surface area contributed by atoms with Crippen LogP contribution in [-0.2, 0) is 15.6 Å². The maximum Gasteiger partial charge on any atom is 0.229 e. The molecule has 15 heavy (non-hydrogen) atoms. The third-order valence-corrected chi connectivity index (χ3v) is 4.02. The largest absolute Gasteiger partial charge is 0.326 e. The number of hydrogen-bond acceptors (Lipinski definition) is 4. The third-order valence-electron chi connectivity index (χ3n) is 2.03. The number of nitroso groups, excluding NO2 is 1. The second kappa shape index (κ2) is 5.19. The van der Waals surface area contributed by atoms with Gasteiger partial charge in [-0.15, -0.1) is 0 Å². The minimum Gasteiger partial charge on any atom is -0.326 e. The molecule has 0 aliphatic heterocycles. The van der Waals surface area contributed by atoms with Crippen LogP contribution < -0.4 is 5.30 Å². The first kappa shape index (κ1) is 12.1. The molecule has 0 aliphatic carbocycles. The van der Waals surface area contributed by atoms with Gasteiger partial charge in [0.2, 0.25) is 7.37 Å². The number of benzene rings is 1. The molecule has 1 aromatic rings. The Morgan fingerprint density at radius 3 is 2.40 bits per heavy atom. The van der Waals surface area contributed by atoms with Crippen molar-refractivity contribution in [2.75, 3.05) is 13.3 Å². The van der Waals surface area contributed by atoms with E-state index >= 15 is 0 Å². The Labute approximate surface area is 89.1 Å². The maximum atomic E-state index is 12.0. The second-order valence-corrected chi connectivity index (χ2v) is 5.68. The van der Waals surface area contributed by atoms with Crippen LogP contribution in [0.4, 0.5) is 0 Å². The molecule has 0 N–H and O–H groups in total. The second-order valence-electron chi connectivity index (χ2n) is 3.22. The first-order valence-corrected chi connectivity index (χ1v) is 6.78. The molecule has 4 nitrogen and oxygen atoms in total. The van der Waals surface area contributed by atoms with Crippen molar-refractivity contribution in [2.24, 2.45) is 5.18 Å². The Morgan fingerprint density at radius 2 is 1.93 bits per heavy atom. The van der Waals surface area contributed by atoms with Crippen molar-refractivity contribution >= 4 is 12.7 Å². The van der Waals surface area contributed by atoms with Gasteiger partial charge in [-0.25, -0.2) is 0 Å². The zero-order chi connectivity index (χ0) is 11.3. The molecule has 0 aromatic heterocycles. The molecular weight excluding hydrogens is 213 g/mol. The Balaban J connectivity index is 2.88. The summed E-state index contributed by atoms with van der Waals surface area (Å²) in [7, 11) is -2.69. The van der Waals surface area contributed by atoms with Gasteiger partial charge in [0.15, 0.2) is 0 Å². The molecule has 0 saturated carbocycles. The van der Waals surface area contributed by atoms with Crippen molar-refractivity contribution in [1.82, 2.24) is 0 Å². The third kappa shape index (κ3) is 3.26. The van der Waals surface area contributed by atoms with Crippen LogP contribution >= 0.6 is 7.37 Å². The molecule has 0 radical (unpaired) electrons. The van der Waals surface area contributed by atoms with Gasteiger partial charge in [0.05, 0.1) is 6.61 Å². The molecule has 0 amide bonds. The lowest BCUT2D eigenvalue weighted by Crippen LogP contribution is -2.06. The van der Waals surface area contributed by atoms with Crippen molar-refractivity contribution in [2.45, 2.75) is 13.5 Å². The van der Waals surface area contributed by atoms with E-state index in [1.807, 2.05) is 0 Å². The van der Waals surface area contributed by atoms with Gasteiger partial charge >= 0.3 is 0 Å². The summed E-state index contributed by atoms with van der Waals surface area (Å²) >= 11 is 0. The van der Waals surface area contributed by atoms with Gasteiger partial charge in [0.25, 0.3) is 0 Å². The molecule has 1 rings (SSSR count). The molecule has 1 atom stereocenters. The van der Waals surface area contributed by atoms with E-state index in [1.54, 1.807) is 37.9 Å². The fourth-order valence-corrected chi connectivity index (χ4v) is 2.60. The number of hydrogen-bond donors (Lipinski definition) is 0. The van der Waals surface area contributed by atoms with E-state index in [0.29, 0.717) is 11.9 Å². The van der Waals surface area contributed by atoms with Crippen LogP contribution in [0.25, 0.3) is 0 Å². The zero-order valence-corrected chi connectivity index (χ0v) is 9.74. The lowest BCUT2D eigenvalue weighted by molar-refractivity contribution is 0.345. The lowest BCUT2D eigenvalue weighted by Gasteiger charge is -2.12. The Morgan fingerprint density at radius 1 is 1.33 bits per heavy atom. The topological polar surface area (TPSA) is 55.7 Å². The van der Waals surface area contributed by atoms with E-state index in [0.717, 1.165) is 5.56 Å². The summed E-state index contributed by atoms with van der Waals surface area (Å²) in [5, 5.41) is 3.45. The predicted molar refractivity (Wildman–Crippen MR) is 60.7 cm³/mol. The monoisotopic (exact) mass is 227 g/mol. The maximum absolute atomic E-state index is 12.0. The van der Waals surface area contributed by atoms with Crippen LogP contribution in [0.5, 0.6) is 0 Å². The average Bonchev–Trinajstić information content (AvgIpc) is 2.19. The van der Waals surface area contributed by atoms with Gasteiger partial charge < -0.3 is 4.52 Å². The van der Waals surface area contributed by atoms with Gasteiger partial charge in [0, 0.05) is 12.0 Å². The highest BCUT2D eigenvalue weighted by atomic mass is 31.2. The summed E-state index contributed by atoms with van der Waals surface area (Å²) < 4.78 is 17.2. The fraction of sp³-hybridized carbons (Fsp3) is 0.400.